The van der Waals surface area contributed by atoms with E-state index in [4.69, 9.17) is 9.47 Å². The van der Waals surface area contributed by atoms with E-state index >= 15 is 0 Å². The third-order valence-corrected chi connectivity index (χ3v) is 9.29. The molecule has 3 unspecified atom stereocenters. The van der Waals surface area contributed by atoms with Gasteiger partial charge in [-0.05, 0) is 40.7 Å². The first-order valence-corrected chi connectivity index (χ1v) is 17.0. The van der Waals surface area contributed by atoms with Crippen LogP contribution in [0.5, 0.6) is 0 Å². The molecule has 0 radical (unpaired) electrons. The first-order valence-electron chi connectivity index (χ1n) is 16.1. The maximum atomic E-state index is 12.5. The Bertz CT molecular complexity index is 1590. The summed E-state index contributed by atoms with van der Waals surface area (Å²) in [5.74, 6) is 0.695. The number of ether oxygens (including phenoxy) is 2. The van der Waals surface area contributed by atoms with E-state index in [9.17, 15) is 14.7 Å². The van der Waals surface area contributed by atoms with Gasteiger partial charge in [0.2, 0.25) is 11.8 Å². The quantitative estimate of drug-likeness (QED) is 0.111. The van der Waals surface area contributed by atoms with Crippen molar-refractivity contribution in [1.82, 2.24) is 25.4 Å². The van der Waals surface area contributed by atoms with Crippen LogP contribution in [-0.4, -0.2) is 50.1 Å². The van der Waals surface area contributed by atoms with E-state index in [-0.39, 0.29) is 30.6 Å². The van der Waals surface area contributed by atoms with E-state index in [0.717, 1.165) is 57.8 Å². The van der Waals surface area contributed by atoms with Crippen molar-refractivity contribution in [3.05, 3.63) is 101 Å². The van der Waals surface area contributed by atoms with Crippen LogP contribution in [0.25, 0.3) is 11.1 Å². The summed E-state index contributed by atoms with van der Waals surface area (Å²) in [4.78, 5) is 23.5. The van der Waals surface area contributed by atoms with Crippen LogP contribution in [0.3, 0.4) is 0 Å². The largest absolute Gasteiger partial charge is 0.392 e. The lowest BCUT2D eigenvalue weighted by Gasteiger charge is -2.36. The summed E-state index contributed by atoms with van der Waals surface area (Å²) in [6.45, 7) is 2.60. The van der Waals surface area contributed by atoms with Gasteiger partial charge >= 0.3 is 0 Å². The number of rotatable bonds is 15. The molecular weight excluding hydrogens is 614 g/mol. The molecule has 0 bridgehead atoms. The highest BCUT2D eigenvalue weighted by atomic mass is 32.2. The molecule has 1 aliphatic rings. The molecule has 4 aromatic rings. The number of unbranched alkanes of at least 4 members (excludes halogenated alkanes) is 2. The molecule has 1 aliphatic heterocycles. The highest BCUT2D eigenvalue weighted by Gasteiger charge is 2.32. The average Bonchev–Trinajstić information content (AvgIpc) is 3.52. The van der Waals surface area contributed by atoms with Gasteiger partial charge in [0.15, 0.2) is 11.4 Å². The normalized spacial score (nSPS) is 17.7. The van der Waals surface area contributed by atoms with Crippen LogP contribution in [0.4, 0.5) is 0 Å². The van der Waals surface area contributed by atoms with Crippen molar-refractivity contribution in [3.8, 4) is 11.1 Å². The zero-order chi connectivity index (χ0) is 33.0. The van der Waals surface area contributed by atoms with Gasteiger partial charge in [0.25, 0.3) is 0 Å². The highest BCUT2D eigenvalue weighted by Crippen LogP contribution is 2.40. The predicted octanol–water partition coefficient (Wildman–Crippen LogP) is 5.62. The standard InChI is InChI=1S/C36H43N5O5S/c1-25(43)37-19-7-3-4-10-34(44)38-21-30-8-5-6-9-32(30)27-15-17-29(18-16-27)35-45-31(23-47-36-40-39-24-41(36)2)20-33(46-35)28-13-11-26(22-42)12-14-28/h5-6,8-9,11-18,24,31,33,35,42H,3-4,7,10,19-23H2,1-2H3,(H,37,43)(H,38,44). The molecule has 2 amide bonds. The number of carbonyl (C=O) groups excluding carboxylic acids is 2. The second kappa shape index (κ2) is 17.2. The Morgan fingerprint density at radius 3 is 2.45 bits per heavy atom. The molecule has 10 nitrogen and oxygen atoms in total. The monoisotopic (exact) mass is 657 g/mol. The van der Waals surface area contributed by atoms with Crippen LogP contribution in [-0.2, 0) is 39.3 Å². The fraction of sp³-hybridized carbons (Fsp3) is 0.389. The molecule has 1 aromatic heterocycles. The van der Waals surface area contributed by atoms with Crippen molar-refractivity contribution in [3.63, 3.8) is 0 Å². The Hall–Kier alpha value is -4.03. The average molecular weight is 658 g/mol. The molecule has 5 rings (SSSR count). The van der Waals surface area contributed by atoms with Crippen LogP contribution >= 0.6 is 11.8 Å². The first-order chi connectivity index (χ1) is 22.9. The molecule has 0 spiro atoms. The maximum absolute atomic E-state index is 12.5. The number of thioether (sulfide) groups is 1. The molecule has 1 fully saturated rings. The van der Waals surface area contributed by atoms with Crippen molar-refractivity contribution < 1.29 is 24.2 Å². The maximum Gasteiger partial charge on any atom is 0.220 e. The molecule has 248 valence electrons. The summed E-state index contributed by atoms with van der Waals surface area (Å²) < 4.78 is 14.9. The van der Waals surface area contributed by atoms with Crippen molar-refractivity contribution in [1.29, 1.82) is 0 Å². The van der Waals surface area contributed by atoms with E-state index < -0.39 is 6.29 Å². The predicted molar refractivity (Wildman–Crippen MR) is 181 cm³/mol. The number of hydrogen-bond acceptors (Lipinski definition) is 8. The van der Waals surface area contributed by atoms with Gasteiger partial charge in [0.1, 0.15) is 6.33 Å². The van der Waals surface area contributed by atoms with Crippen molar-refractivity contribution in [2.75, 3.05) is 12.3 Å². The minimum Gasteiger partial charge on any atom is -0.392 e. The minimum atomic E-state index is -0.557. The molecule has 0 saturated carbocycles. The second-order valence-electron chi connectivity index (χ2n) is 11.7. The van der Waals surface area contributed by atoms with E-state index in [0.29, 0.717) is 31.7 Å². The molecule has 1 saturated heterocycles. The first kappa shape index (κ1) is 34.3. The van der Waals surface area contributed by atoms with Gasteiger partial charge in [-0.2, -0.15) is 0 Å². The van der Waals surface area contributed by atoms with E-state index in [1.807, 2.05) is 66.2 Å². The number of aromatic nitrogens is 3. The lowest BCUT2D eigenvalue weighted by molar-refractivity contribution is -0.245. The third-order valence-electron chi connectivity index (χ3n) is 8.12. The Kier molecular flexibility index (Phi) is 12.6. The summed E-state index contributed by atoms with van der Waals surface area (Å²) in [5.41, 5.74) is 5.96. The number of hydrogen-bond donors (Lipinski definition) is 3. The number of carbonyl (C=O) groups is 2. The van der Waals surface area contributed by atoms with Gasteiger partial charge in [-0.3, -0.25) is 9.59 Å². The van der Waals surface area contributed by atoms with Gasteiger partial charge in [-0.1, -0.05) is 91.0 Å². The highest BCUT2D eigenvalue weighted by molar-refractivity contribution is 7.99. The fourth-order valence-electron chi connectivity index (χ4n) is 5.50. The zero-order valence-electron chi connectivity index (χ0n) is 26.9. The number of benzene rings is 3. The fourth-order valence-corrected chi connectivity index (χ4v) is 6.41. The second-order valence-corrected chi connectivity index (χ2v) is 12.7. The molecular formula is C36H43N5O5S. The summed E-state index contributed by atoms with van der Waals surface area (Å²) >= 11 is 1.61. The molecule has 3 N–H and O–H groups in total. The van der Waals surface area contributed by atoms with Gasteiger partial charge < -0.3 is 29.8 Å². The van der Waals surface area contributed by atoms with Crippen molar-refractivity contribution in [2.45, 2.75) is 75.8 Å². The molecule has 47 heavy (non-hydrogen) atoms. The van der Waals surface area contributed by atoms with Crippen molar-refractivity contribution >= 4 is 23.6 Å². The lowest BCUT2D eigenvalue weighted by atomic mass is 9.97. The number of aryl methyl sites for hydroxylation is 1. The molecule has 3 aromatic carbocycles. The Morgan fingerprint density at radius 1 is 0.957 bits per heavy atom. The summed E-state index contributed by atoms with van der Waals surface area (Å²) in [6.07, 6.45) is 4.57. The van der Waals surface area contributed by atoms with Crippen LogP contribution in [0.15, 0.2) is 84.3 Å². The smallest absolute Gasteiger partial charge is 0.220 e. The molecule has 0 aliphatic carbocycles. The van der Waals surface area contributed by atoms with E-state index in [1.165, 1.54) is 6.92 Å². The van der Waals surface area contributed by atoms with Crippen LogP contribution in [0.2, 0.25) is 0 Å². The minimum absolute atomic E-state index is 0.00151. The topological polar surface area (TPSA) is 128 Å². The van der Waals surface area contributed by atoms with Crippen LogP contribution < -0.4 is 10.6 Å². The lowest BCUT2D eigenvalue weighted by Crippen LogP contribution is -2.31. The molecule has 11 heteroatoms. The Labute approximate surface area is 280 Å². The summed E-state index contributed by atoms with van der Waals surface area (Å²) in [7, 11) is 1.93. The Morgan fingerprint density at radius 2 is 1.72 bits per heavy atom. The number of nitrogens with one attached hydrogen (secondary N) is 2. The van der Waals surface area contributed by atoms with E-state index in [1.54, 1.807) is 18.1 Å². The van der Waals surface area contributed by atoms with Crippen LogP contribution in [0, 0.1) is 0 Å². The van der Waals surface area contributed by atoms with E-state index in [2.05, 4.69) is 39.0 Å². The van der Waals surface area contributed by atoms with Crippen LogP contribution in [0.1, 0.15) is 73.7 Å². The number of aliphatic hydroxyl groups is 1. The number of aliphatic hydroxyl groups excluding tert-OH is 1. The SMILES string of the molecule is CC(=O)NCCCCCC(=O)NCc1ccccc1-c1ccc(C2OC(CSc3nncn3C)CC(c3ccc(CO)cc3)O2)cc1. The third kappa shape index (κ3) is 9.98. The number of nitrogens with zero attached hydrogens (tertiary/aromatic N) is 3. The molecule has 3 atom stereocenters. The number of amides is 2. The van der Waals surface area contributed by atoms with Gasteiger partial charge in [0.05, 0.1) is 18.8 Å². The van der Waals surface area contributed by atoms with Gasteiger partial charge in [-0.25, -0.2) is 0 Å². The van der Waals surface area contributed by atoms with Gasteiger partial charge in [-0.15, -0.1) is 10.2 Å². The Balaban J connectivity index is 1.23. The zero-order valence-corrected chi connectivity index (χ0v) is 27.7. The summed E-state index contributed by atoms with van der Waals surface area (Å²) in [6, 6.07) is 24.2. The van der Waals surface area contributed by atoms with Gasteiger partial charge in [0, 0.05) is 51.2 Å². The summed E-state index contributed by atoms with van der Waals surface area (Å²) in [5, 5.41) is 24.4. The molecule has 2 heterocycles. The van der Waals surface area contributed by atoms with Crippen molar-refractivity contribution in [2.24, 2.45) is 7.05 Å².